The van der Waals surface area contributed by atoms with Crippen molar-refractivity contribution in [2.45, 2.75) is 18.8 Å². The van der Waals surface area contributed by atoms with Crippen molar-refractivity contribution in [2.24, 2.45) is 0 Å². The van der Waals surface area contributed by atoms with Gasteiger partial charge in [0.2, 0.25) is 0 Å². The Balaban J connectivity index is 2.08. The zero-order valence-electron chi connectivity index (χ0n) is 18.5. The van der Waals surface area contributed by atoms with E-state index in [-0.39, 0.29) is 25.8 Å². The normalized spacial score (nSPS) is 14.1. The van der Waals surface area contributed by atoms with E-state index in [4.69, 9.17) is 4.55 Å². The van der Waals surface area contributed by atoms with Gasteiger partial charge < -0.3 is 14.8 Å². The van der Waals surface area contributed by atoms with Gasteiger partial charge in [-0.3, -0.25) is 4.55 Å². The van der Waals surface area contributed by atoms with E-state index in [1.54, 1.807) is 43.3 Å². The lowest BCUT2D eigenvalue weighted by Crippen LogP contribution is -2.30. The summed E-state index contributed by atoms with van der Waals surface area (Å²) in [5.74, 6) is -0.457. The summed E-state index contributed by atoms with van der Waals surface area (Å²) in [7, 11) is -7.38. The van der Waals surface area contributed by atoms with Crippen molar-refractivity contribution in [2.75, 3.05) is 25.1 Å². The van der Waals surface area contributed by atoms with Crippen LogP contribution in [0.2, 0.25) is 0 Å². The second-order valence-electron chi connectivity index (χ2n) is 8.41. The Kier molecular flexibility index (Phi) is 7.93. The molecule has 0 aliphatic carbocycles. The van der Waals surface area contributed by atoms with Gasteiger partial charge in [0.25, 0.3) is 10.1 Å². The molecule has 3 aromatic rings. The summed E-state index contributed by atoms with van der Waals surface area (Å²) in [6.45, 7) is 1.38. The smallest absolute Gasteiger partial charge is 0.264 e. The lowest BCUT2D eigenvalue weighted by Gasteiger charge is -2.26. The third-order valence-corrected chi connectivity index (χ3v) is 9.98. The van der Waals surface area contributed by atoms with Gasteiger partial charge in [0, 0.05) is 22.2 Å². The first kappa shape index (κ1) is 25.3. The molecule has 8 heteroatoms. The molecule has 0 saturated carbocycles. The van der Waals surface area contributed by atoms with Gasteiger partial charge in [0.1, 0.15) is 7.14 Å². The maximum absolute atomic E-state index is 14.5. The molecule has 176 valence electrons. The van der Waals surface area contributed by atoms with Crippen LogP contribution < -0.4 is 10.6 Å². The molecule has 3 aromatic carbocycles. The van der Waals surface area contributed by atoms with Gasteiger partial charge in [0.15, 0.2) is 0 Å². The molecule has 6 nitrogen and oxygen atoms in total. The van der Waals surface area contributed by atoms with Crippen LogP contribution in [-0.4, -0.2) is 48.3 Å². The Hall–Kier alpha value is -2.28. The molecule has 0 aromatic heterocycles. The van der Waals surface area contributed by atoms with E-state index in [9.17, 15) is 23.2 Å². The third-order valence-electron chi connectivity index (χ3n) is 5.93. The molecule has 0 fully saturated rings. The Labute approximate surface area is 195 Å². The summed E-state index contributed by atoms with van der Waals surface area (Å²) in [6, 6.07) is 23.7. The summed E-state index contributed by atoms with van der Waals surface area (Å²) >= 11 is 0. The fourth-order valence-corrected chi connectivity index (χ4v) is 7.52. The molecule has 0 heterocycles. The van der Waals surface area contributed by atoms with Crippen molar-refractivity contribution >= 4 is 27.9 Å². The maximum Gasteiger partial charge on any atom is 0.264 e. The minimum absolute atomic E-state index is 0.0592. The molecule has 0 spiro atoms. The number of aliphatic hydroxyl groups is 2. The number of hydrogen-bond donors (Lipinski definition) is 3. The lowest BCUT2D eigenvalue weighted by atomic mass is 9.83. The minimum Gasteiger partial charge on any atom is -0.395 e. The molecule has 33 heavy (non-hydrogen) atoms. The van der Waals surface area contributed by atoms with Crippen molar-refractivity contribution in [1.29, 1.82) is 0 Å². The topological polar surface area (TPSA) is 112 Å². The fourth-order valence-electron chi connectivity index (χ4n) is 3.84. The number of hydrogen-bond acceptors (Lipinski definition) is 5. The molecule has 0 amide bonds. The molecule has 3 rings (SSSR count). The van der Waals surface area contributed by atoms with Crippen molar-refractivity contribution in [1.82, 2.24) is 0 Å². The van der Waals surface area contributed by atoms with Crippen LogP contribution in [0, 0.1) is 0 Å². The van der Waals surface area contributed by atoms with E-state index in [2.05, 4.69) is 0 Å². The van der Waals surface area contributed by atoms with E-state index < -0.39 is 28.4 Å². The highest BCUT2D eigenvalue weighted by atomic mass is 32.2. The molecular weight excluding hydrogens is 459 g/mol. The molecule has 1 atom stereocenters. The Morgan fingerprint density at radius 1 is 0.848 bits per heavy atom. The standard InChI is InChI=1S/C25H29O6PS/c1-25(18-26,19-27)21-14-12-20(13-15-21)23-10-5-6-11-24(23)32(28,16-7-17-33(29,30)31)22-8-3-2-4-9-22/h2-6,8-15,26-27H,7,16-19H2,1H3,(H,29,30,31). The SMILES string of the molecule is CC(CO)(CO)c1ccc(-c2ccccc2P(=O)(CCCS(=O)(=O)O)c2ccccc2)cc1. The van der Waals surface area contributed by atoms with Crippen molar-refractivity contribution in [3.63, 3.8) is 0 Å². The van der Waals surface area contributed by atoms with E-state index >= 15 is 0 Å². The quantitative estimate of drug-likeness (QED) is 0.299. The first-order chi connectivity index (χ1) is 15.6. The first-order valence-corrected chi connectivity index (χ1v) is 14.2. The summed E-state index contributed by atoms with van der Waals surface area (Å²) in [5.41, 5.74) is 1.59. The van der Waals surface area contributed by atoms with Crippen LogP contribution in [0.1, 0.15) is 18.9 Å². The highest BCUT2D eigenvalue weighted by molar-refractivity contribution is 7.85. The minimum atomic E-state index is -4.16. The van der Waals surface area contributed by atoms with Crippen LogP contribution in [0.5, 0.6) is 0 Å². The molecule has 0 bridgehead atoms. The van der Waals surface area contributed by atoms with Crippen LogP contribution in [0.25, 0.3) is 11.1 Å². The number of benzene rings is 3. The number of rotatable bonds is 10. The van der Waals surface area contributed by atoms with Gasteiger partial charge in [-0.1, -0.05) is 85.8 Å². The van der Waals surface area contributed by atoms with Gasteiger partial charge in [-0.2, -0.15) is 8.42 Å². The Bertz CT molecular complexity index is 1220. The molecule has 0 aliphatic heterocycles. The van der Waals surface area contributed by atoms with E-state index in [0.717, 1.165) is 16.7 Å². The summed E-state index contributed by atoms with van der Waals surface area (Å²) in [4.78, 5) is 0. The Morgan fingerprint density at radius 3 is 2.00 bits per heavy atom. The fraction of sp³-hybridized carbons (Fsp3) is 0.280. The zero-order chi connectivity index (χ0) is 24.1. The van der Waals surface area contributed by atoms with Gasteiger partial charge in [-0.25, -0.2) is 0 Å². The average molecular weight is 489 g/mol. The van der Waals surface area contributed by atoms with Gasteiger partial charge in [0.05, 0.1) is 19.0 Å². The van der Waals surface area contributed by atoms with Crippen LogP contribution in [-0.2, 0) is 20.1 Å². The van der Waals surface area contributed by atoms with Gasteiger partial charge in [-0.15, -0.1) is 0 Å². The van der Waals surface area contributed by atoms with Crippen LogP contribution in [0.15, 0.2) is 78.9 Å². The highest BCUT2D eigenvalue weighted by Crippen LogP contribution is 2.46. The third kappa shape index (κ3) is 5.81. The van der Waals surface area contributed by atoms with Crippen LogP contribution in [0.4, 0.5) is 0 Å². The summed E-state index contributed by atoms with van der Waals surface area (Å²) < 4.78 is 46.2. The summed E-state index contributed by atoms with van der Waals surface area (Å²) in [5, 5.41) is 20.6. The lowest BCUT2D eigenvalue weighted by molar-refractivity contribution is 0.129. The van der Waals surface area contributed by atoms with Crippen LogP contribution >= 0.6 is 7.14 Å². The van der Waals surface area contributed by atoms with Crippen molar-refractivity contribution in [3.8, 4) is 11.1 Å². The summed E-state index contributed by atoms with van der Waals surface area (Å²) in [6.07, 6.45) is 0.155. The largest absolute Gasteiger partial charge is 0.395 e. The average Bonchev–Trinajstić information content (AvgIpc) is 2.83. The van der Waals surface area contributed by atoms with Gasteiger partial charge in [-0.05, 0) is 23.1 Å². The second-order valence-corrected chi connectivity index (χ2v) is 12.9. The van der Waals surface area contributed by atoms with E-state index in [0.29, 0.717) is 10.6 Å². The molecule has 0 saturated heterocycles. The molecular formula is C25H29O6PS. The zero-order valence-corrected chi connectivity index (χ0v) is 20.2. The molecule has 0 aliphatic rings. The van der Waals surface area contributed by atoms with Crippen molar-refractivity contribution in [3.05, 3.63) is 84.4 Å². The highest BCUT2D eigenvalue weighted by Gasteiger charge is 2.30. The molecule has 3 N–H and O–H groups in total. The Morgan fingerprint density at radius 2 is 1.42 bits per heavy atom. The number of aliphatic hydroxyl groups excluding tert-OH is 2. The van der Waals surface area contributed by atoms with Gasteiger partial charge >= 0.3 is 0 Å². The predicted molar refractivity (Wildman–Crippen MR) is 133 cm³/mol. The van der Waals surface area contributed by atoms with E-state index in [1.165, 1.54) is 0 Å². The van der Waals surface area contributed by atoms with Crippen molar-refractivity contribution < 1.29 is 27.7 Å². The monoisotopic (exact) mass is 488 g/mol. The molecule has 0 radical (unpaired) electrons. The second kappa shape index (κ2) is 10.3. The molecule has 1 unspecified atom stereocenters. The van der Waals surface area contributed by atoms with Crippen LogP contribution in [0.3, 0.4) is 0 Å². The first-order valence-electron chi connectivity index (χ1n) is 10.6. The maximum atomic E-state index is 14.5. The van der Waals surface area contributed by atoms with E-state index in [1.807, 2.05) is 42.5 Å². The predicted octanol–water partition coefficient (Wildman–Crippen LogP) is 3.19.